The zero-order valence-electron chi connectivity index (χ0n) is 21.2. The molecule has 1 aromatic carbocycles. The van der Waals surface area contributed by atoms with Gasteiger partial charge in [-0.15, -0.1) is 0 Å². The van der Waals surface area contributed by atoms with Gasteiger partial charge in [0.25, 0.3) is 0 Å². The highest BCUT2D eigenvalue weighted by molar-refractivity contribution is 5.89. The van der Waals surface area contributed by atoms with Crippen LogP contribution in [0.4, 0.5) is 11.4 Å². The number of hydrogen-bond acceptors (Lipinski definition) is 7. The third-order valence-corrected chi connectivity index (χ3v) is 7.66. The van der Waals surface area contributed by atoms with E-state index in [1.165, 1.54) is 17.6 Å². The van der Waals surface area contributed by atoms with Crippen LogP contribution in [-0.4, -0.2) is 82.9 Å². The van der Waals surface area contributed by atoms with Gasteiger partial charge in [-0.3, -0.25) is 14.4 Å². The Morgan fingerprint density at radius 1 is 1.17 bits per heavy atom. The van der Waals surface area contributed by atoms with E-state index in [0.717, 1.165) is 62.8 Å². The van der Waals surface area contributed by atoms with Gasteiger partial charge in [0.05, 0.1) is 24.4 Å². The number of likely N-dealkylation sites (N-methyl/N-ethyl adjacent to an activating group) is 2. The Labute approximate surface area is 207 Å². The van der Waals surface area contributed by atoms with E-state index in [1.807, 2.05) is 18.0 Å². The van der Waals surface area contributed by atoms with Crippen LogP contribution < -0.4 is 15.1 Å². The molecular formula is C26H38N4O5. The Kier molecular flexibility index (Phi) is 9.26. The molecule has 1 heterocycles. The summed E-state index contributed by atoms with van der Waals surface area (Å²) in [5.74, 6) is 0.151. The van der Waals surface area contributed by atoms with Crippen LogP contribution in [0, 0.1) is 5.92 Å². The van der Waals surface area contributed by atoms with Crippen molar-refractivity contribution in [1.82, 2.24) is 10.2 Å². The molecule has 1 saturated carbocycles. The fourth-order valence-electron chi connectivity index (χ4n) is 5.34. The summed E-state index contributed by atoms with van der Waals surface area (Å²) in [6.45, 7) is 1.96. The van der Waals surface area contributed by atoms with E-state index in [4.69, 9.17) is 4.74 Å². The monoisotopic (exact) mass is 486 g/mol. The number of ether oxygens (including phenoxy) is 1. The van der Waals surface area contributed by atoms with E-state index in [0.29, 0.717) is 18.4 Å². The summed E-state index contributed by atoms with van der Waals surface area (Å²) in [5, 5.41) is 2.68. The first-order chi connectivity index (χ1) is 16.8. The van der Waals surface area contributed by atoms with Crippen LogP contribution >= 0.6 is 0 Å². The molecule has 1 aliphatic carbocycles. The van der Waals surface area contributed by atoms with Gasteiger partial charge in [-0.2, -0.15) is 0 Å². The molecule has 192 valence electrons. The minimum Gasteiger partial charge on any atom is -0.469 e. The number of amides is 2. The summed E-state index contributed by atoms with van der Waals surface area (Å²) in [6.07, 6.45) is 6.04. The van der Waals surface area contributed by atoms with Gasteiger partial charge in [0, 0.05) is 33.6 Å². The average molecular weight is 487 g/mol. The lowest BCUT2D eigenvalue weighted by atomic mass is 9.77. The summed E-state index contributed by atoms with van der Waals surface area (Å²) in [4.78, 5) is 52.7. The second-order valence-corrected chi connectivity index (χ2v) is 9.60. The van der Waals surface area contributed by atoms with Gasteiger partial charge < -0.3 is 29.5 Å². The summed E-state index contributed by atoms with van der Waals surface area (Å²) >= 11 is 0. The molecule has 2 fully saturated rings. The number of nitrogens with zero attached hydrogens (tertiary/aromatic N) is 3. The highest BCUT2D eigenvalue weighted by atomic mass is 16.5. The summed E-state index contributed by atoms with van der Waals surface area (Å²) in [7, 11) is 6.56. The summed E-state index contributed by atoms with van der Waals surface area (Å²) in [5.41, 5.74) is 2.68. The predicted octanol–water partition coefficient (Wildman–Crippen LogP) is 1.94. The molecule has 0 spiro atoms. The fourth-order valence-corrected chi connectivity index (χ4v) is 5.34. The molecule has 1 aromatic rings. The van der Waals surface area contributed by atoms with Crippen molar-refractivity contribution < 1.29 is 23.9 Å². The van der Waals surface area contributed by atoms with Crippen molar-refractivity contribution in [3.05, 3.63) is 23.8 Å². The second-order valence-electron chi connectivity index (χ2n) is 9.60. The smallest absolute Gasteiger partial charge is 0.308 e. The van der Waals surface area contributed by atoms with Crippen molar-refractivity contribution in [2.45, 2.75) is 56.5 Å². The summed E-state index contributed by atoms with van der Waals surface area (Å²) in [6, 6.07) is 6.06. The number of aldehydes is 1. The van der Waals surface area contributed by atoms with E-state index in [1.54, 1.807) is 14.1 Å². The number of benzene rings is 1. The predicted molar refractivity (Wildman–Crippen MR) is 135 cm³/mol. The SMILES string of the molecule is CNC(=O)C(CCC=O)N(C)c1ccc(C2CCN(C3CC(C(=O)OC)C3)CC2)cc1N(C)C=O. The van der Waals surface area contributed by atoms with Gasteiger partial charge in [0.15, 0.2) is 0 Å². The maximum atomic E-state index is 12.5. The average Bonchev–Trinajstić information content (AvgIpc) is 2.87. The van der Waals surface area contributed by atoms with Crippen LogP contribution in [0.15, 0.2) is 18.2 Å². The van der Waals surface area contributed by atoms with Crippen molar-refractivity contribution in [2.24, 2.45) is 5.92 Å². The number of carbonyl (C=O) groups is 4. The first-order valence-electron chi connectivity index (χ1n) is 12.4. The Morgan fingerprint density at radius 3 is 2.43 bits per heavy atom. The standard InChI is InChI=1S/C26H38N4O5/c1-27-25(33)23(6-5-13-31)29(3)22-8-7-19(16-24(22)28(2)17-32)18-9-11-30(12-10-18)21-14-20(15-21)26(34)35-4/h7-8,13,16-18,20-21,23H,5-6,9-12,14-15H2,1-4H3,(H,27,33). The molecule has 0 radical (unpaired) electrons. The third-order valence-electron chi connectivity index (χ3n) is 7.66. The largest absolute Gasteiger partial charge is 0.469 e. The van der Waals surface area contributed by atoms with Gasteiger partial charge >= 0.3 is 5.97 Å². The Hall–Kier alpha value is -2.94. The number of esters is 1. The third kappa shape index (κ3) is 6.01. The number of carbonyl (C=O) groups excluding carboxylic acids is 4. The normalized spacial score (nSPS) is 21.4. The molecule has 1 aliphatic heterocycles. The van der Waals surface area contributed by atoms with Crippen molar-refractivity contribution >= 4 is 35.9 Å². The molecule has 3 rings (SSSR count). The molecule has 2 aliphatic rings. The number of hydrogen-bond donors (Lipinski definition) is 1. The molecule has 1 saturated heterocycles. The van der Waals surface area contributed by atoms with Crippen molar-refractivity contribution in [2.75, 3.05) is 51.1 Å². The number of likely N-dealkylation sites (tertiary alicyclic amines) is 1. The van der Waals surface area contributed by atoms with Crippen molar-refractivity contribution in [3.8, 4) is 0 Å². The molecule has 2 amide bonds. The van der Waals surface area contributed by atoms with Crippen LogP contribution in [0.2, 0.25) is 0 Å². The molecule has 0 aromatic heterocycles. The van der Waals surface area contributed by atoms with Gasteiger partial charge in [0.2, 0.25) is 12.3 Å². The Balaban J connectivity index is 1.72. The minimum absolute atomic E-state index is 0.0406. The number of piperidine rings is 1. The lowest BCUT2D eigenvalue weighted by Gasteiger charge is -2.44. The van der Waals surface area contributed by atoms with Crippen molar-refractivity contribution in [3.63, 3.8) is 0 Å². The van der Waals surface area contributed by atoms with Gasteiger partial charge in [-0.25, -0.2) is 0 Å². The molecule has 1 atom stereocenters. The number of nitrogens with one attached hydrogen (secondary N) is 1. The lowest BCUT2D eigenvalue weighted by Crippen LogP contribution is -2.49. The number of methoxy groups -OCH3 is 1. The van der Waals surface area contributed by atoms with Crippen LogP contribution in [0.25, 0.3) is 0 Å². The zero-order chi connectivity index (χ0) is 25.5. The van der Waals surface area contributed by atoms with Crippen LogP contribution in [0.1, 0.15) is 50.0 Å². The maximum absolute atomic E-state index is 12.5. The number of anilines is 2. The minimum atomic E-state index is -0.519. The second kappa shape index (κ2) is 12.2. The molecule has 9 nitrogen and oxygen atoms in total. The Morgan fingerprint density at radius 2 is 1.86 bits per heavy atom. The maximum Gasteiger partial charge on any atom is 0.308 e. The van der Waals surface area contributed by atoms with Crippen molar-refractivity contribution in [1.29, 1.82) is 0 Å². The Bertz CT molecular complexity index is 909. The van der Waals surface area contributed by atoms with Crippen LogP contribution in [0.3, 0.4) is 0 Å². The molecule has 1 unspecified atom stereocenters. The van der Waals surface area contributed by atoms with E-state index in [-0.39, 0.29) is 24.2 Å². The highest BCUT2D eigenvalue weighted by Crippen LogP contribution is 2.39. The molecule has 9 heteroatoms. The van der Waals surface area contributed by atoms with Crippen LogP contribution in [-0.2, 0) is 23.9 Å². The van der Waals surface area contributed by atoms with Crippen LogP contribution in [0.5, 0.6) is 0 Å². The highest BCUT2D eigenvalue weighted by Gasteiger charge is 2.39. The summed E-state index contributed by atoms with van der Waals surface area (Å²) < 4.78 is 4.86. The van der Waals surface area contributed by atoms with E-state index in [9.17, 15) is 19.2 Å². The molecule has 35 heavy (non-hydrogen) atoms. The molecular weight excluding hydrogens is 448 g/mol. The topological polar surface area (TPSA) is 99.3 Å². The molecule has 0 bridgehead atoms. The first-order valence-corrected chi connectivity index (χ1v) is 12.4. The van der Waals surface area contributed by atoms with Gasteiger partial charge in [-0.1, -0.05) is 6.07 Å². The van der Waals surface area contributed by atoms with Gasteiger partial charge in [0.1, 0.15) is 12.3 Å². The lowest BCUT2D eigenvalue weighted by molar-refractivity contribution is -0.151. The molecule has 1 N–H and O–H groups in total. The fraction of sp³-hybridized carbons (Fsp3) is 0.615. The van der Waals surface area contributed by atoms with E-state index < -0.39 is 6.04 Å². The first kappa shape index (κ1) is 26.7. The quantitative estimate of drug-likeness (QED) is 0.377. The van der Waals surface area contributed by atoms with E-state index >= 15 is 0 Å². The van der Waals surface area contributed by atoms with E-state index in [2.05, 4.69) is 22.3 Å². The number of rotatable bonds is 11. The zero-order valence-corrected chi connectivity index (χ0v) is 21.2. The van der Waals surface area contributed by atoms with Gasteiger partial charge in [-0.05, 0) is 68.8 Å².